The lowest BCUT2D eigenvalue weighted by molar-refractivity contribution is 0.412. The summed E-state index contributed by atoms with van der Waals surface area (Å²) < 4.78 is 9.11. The van der Waals surface area contributed by atoms with Gasteiger partial charge < -0.3 is 10.1 Å². The Labute approximate surface area is 129 Å². The van der Waals surface area contributed by atoms with E-state index in [2.05, 4.69) is 49.2 Å². The van der Waals surface area contributed by atoms with Crippen LogP contribution in [-0.4, -0.2) is 16.9 Å². The Balaban J connectivity index is 2.10. The van der Waals surface area contributed by atoms with Gasteiger partial charge in [-0.3, -0.25) is 4.68 Å². The molecule has 0 amide bonds. The number of aromatic nitrogens is 2. The summed E-state index contributed by atoms with van der Waals surface area (Å²) in [5, 5.41) is 7.62. The van der Waals surface area contributed by atoms with E-state index in [1.54, 1.807) is 7.11 Å². The maximum atomic E-state index is 5.29. The minimum Gasteiger partial charge on any atom is -0.495 e. The minimum atomic E-state index is 0.726. The van der Waals surface area contributed by atoms with Crippen molar-refractivity contribution in [3.63, 3.8) is 0 Å². The summed E-state index contributed by atoms with van der Waals surface area (Å²) in [5.41, 5.74) is 2.14. The van der Waals surface area contributed by atoms with Gasteiger partial charge in [-0.25, -0.2) is 0 Å². The lowest BCUT2D eigenvalue weighted by atomic mass is 10.3. The molecule has 1 aromatic carbocycles. The first-order valence-electron chi connectivity index (χ1n) is 5.92. The van der Waals surface area contributed by atoms with Gasteiger partial charge in [0.1, 0.15) is 5.75 Å². The van der Waals surface area contributed by atoms with Gasteiger partial charge in [0.15, 0.2) is 0 Å². The topological polar surface area (TPSA) is 39.1 Å². The zero-order valence-corrected chi connectivity index (χ0v) is 14.0. The fraction of sp³-hybridized carbons (Fsp3) is 0.308. The number of halogens is 2. The largest absolute Gasteiger partial charge is 0.495 e. The highest BCUT2D eigenvalue weighted by atomic mass is 79.9. The Morgan fingerprint density at radius 2 is 2.11 bits per heavy atom. The summed E-state index contributed by atoms with van der Waals surface area (Å²) in [5.74, 6) is 0.801. The molecule has 0 aliphatic carbocycles. The highest BCUT2D eigenvalue weighted by Gasteiger charge is 2.07. The van der Waals surface area contributed by atoms with Crippen LogP contribution in [0.5, 0.6) is 5.75 Å². The molecule has 0 fully saturated rings. The van der Waals surface area contributed by atoms with Crippen LogP contribution in [0.2, 0.25) is 0 Å². The lowest BCUT2D eigenvalue weighted by Crippen LogP contribution is -2.00. The van der Waals surface area contributed by atoms with Crippen molar-refractivity contribution < 1.29 is 4.74 Å². The summed E-state index contributed by atoms with van der Waals surface area (Å²) in [7, 11) is 1.66. The van der Waals surface area contributed by atoms with Crippen molar-refractivity contribution in [3.8, 4) is 5.75 Å². The van der Waals surface area contributed by atoms with Crippen molar-refractivity contribution in [2.75, 3.05) is 12.4 Å². The fourth-order valence-electron chi connectivity index (χ4n) is 1.69. The third kappa shape index (κ3) is 3.51. The molecule has 1 N–H and O–H groups in total. The molecule has 0 radical (unpaired) electrons. The second-order valence-corrected chi connectivity index (χ2v) is 5.73. The van der Waals surface area contributed by atoms with Gasteiger partial charge in [0.25, 0.3) is 0 Å². The molecule has 0 aliphatic rings. The van der Waals surface area contributed by atoms with E-state index in [0.29, 0.717) is 0 Å². The number of anilines is 1. The summed E-state index contributed by atoms with van der Waals surface area (Å²) in [6.45, 7) is 3.68. The van der Waals surface area contributed by atoms with Crippen molar-refractivity contribution in [1.82, 2.24) is 9.78 Å². The van der Waals surface area contributed by atoms with E-state index in [9.17, 15) is 0 Å². The van der Waals surface area contributed by atoms with Gasteiger partial charge in [0.05, 0.1) is 23.5 Å². The van der Waals surface area contributed by atoms with Crippen LogP contribution in [0.25, 0.3) is 0 Å². The molecule has 102 valence electrons. The van der Waals surface area contributed by atoms with Crippen LogP contribution < -0.4 is 10.1 Å². The van der Waals surface area contributed by atoms with E-state index in [4.69, 9.17) is 4.74 Å². The molecule has 1 aromatic heterocycles. The van der Waals surface area contributed by atoms with Crippen LogP contribution in [0.1, 0.15) is 12.5 Å². The van der Waals surface area contributed by atoms with E-state index in [0.717, 1.165) is 39.0 Å². The number of methoxy groups -OCH3 is 1. The van der Waals surface area contributed by atoms with Crippen LogP contribution >= 0.6 is 31.9 Å². The number of hydrogen-bond acceptors (Lipinski definition) is 3. The highest BCUT2D eigenvalue weighted by molar-refractivity contribution is 9.11. The summed E-state index contributed by atoms with van der Waals surface area (Å²) in [6.07, 6.45) is 3.91. The van der Waals surface area contributed by atoms with Crippen LogP contribution in [-0.2, 0) is 13.1 Å². The SMILES string of the molecule is CCn1cc(CNc2cc(OC)c(Br)cc2Br)cn1. The standard InChI is InChI=1S/C13H15Br2N3O/c1-3-18-8-9(7-17-18)6-16-12-5-13(19-2)11(15)4-10(12)14/h4-5,7-8,16H,3,6H2,1-2H3. The molecule has 0 aliphatic heterocycles. The van der Waals surface area contributed by atoms with Crippen molar-refractivity contribution in [3.05, 3.63) is 39.0 Å². The van der Waals surface area contributed by atoms with Crippen LogP contribution in [0.15, 0.2) is 33.5 Å². The molecule has 0 bridgehead atoms. The first-order chi connectivity index (χ1) is 9.13. The quantitative estimate of drug-likeness (QED) is 0.839. The highest BCUT2D eigenvalue weighted by Crippen LogP contribution is 2.34. The van der Waals surface area contributed by atoms with Gasteiger partial charge in [0, 0.05) is 35.4 Å². The van der Waals surface area contributed by atoms with E-state index < -0.39 is 0 Å². The number of benzene rings is 1. The van der Waals surface area contributed by atoms with E-state index in [-0.39, 0.29) is 0 Å². The number of hydrogen-bond donors (Lipinski definition) is 1. The Bertz CT molecular complexity index is 569. The first kappa shape index (κ1) is 14.4. The molecule has 0 unspecified atom stereocenters. The number of aryl methyl sites for hydroxylation is 1. The summed E-state index contributed by atoms with van der Waals surface area (Å²) >= 11 is 6.99. The maximum absolute atomic E-state index is 5.29. The predicted octanol–water partition coefficient (Wildman–Crippen LogP) is 4.05. The van der Waals surface area contributed by atoms with Gasteiger partial charge in [0.2, 0.25) is 0 Å². The van der Waals surface area contributed by atoms with Gasteiger partial charge >= 0.3 is 0 Å². The van der Waals surface area contributed by atoms with Crippen LogP contribution in [0.4, 0.5) is 5.69 Å². The number of nitrogens with zero attached hydrogens (tertiary/aromatic N) is 2. The summed E-state index contributed by atoms with van der Waals surface area (Å²) in [4.78, 5) is 0. The van der Waals surface area contributed by atoms with Crippen molar-refractivity contribution in [2.45, 2.75) is 20.0 Å². The van der Waals surface area contributed by atoms with Gasteiger partial charge in [-0.1, -0.05) is 0 Å². The molecule has 2 rings (SSSR count). The molecule has 0 saturated carbocycles. The van der Waals surface area contributed by atoms with E-state index >= 15 is 0 Å². The van der Waals surface area contributed by atoms with Gasteiger partial charge in [-0.05, 0) is 44.8 Å². The molecule has 0 saturated heterocycles. The minimum absolute atomic E-state index is 0.726. The molecule has 2 aromatic rings. The second-order valence-electron chi connectivity index (χ2n) is 4.02. The van der Waals surface area contributed by atoms with Crippen LogP contribution in [0, 0.1) is 0 Å². The molecule has 0 atom stereocenters. The van der Waals surface area contributed by atoms with Crippen molar-refractivity contribution in [1.29, 1.82) is 0 Å². The van der Waals surface area contributed by atoms with E-state index in [1.165, 1.54) is 0 Å². The second kappa shape index (κ2) is 6.43. The molecule has 19 heavy (non-hydrogen) atoms. The zero-order valence-electron chi connectivity index (χ0n) is 10.8. The van der Waals surface area contributed by atoms with Crippen molar-refractivity contribution in [2.24, 2.45) is 0 Å². The Morgan fingerprint density at radius 1 is 1.32 bits per heavy atom. The Hall–Kier alpha value is -1.01. The Kier molecular flexibility index (Phi) is 4.87. The number of nitrogens with one attached hydrogen (secondary N) is 1. The zero-order chi connectivity index (χ0) is 13.8. The smallest absolute Gasteiger partial charge is 0.135 e. The third-order valence-corrected chi connectivity index (χ3v) is 4.01. The van der Waals surface area contributed by atoms with Gasteiger partial charge in [-0.2, -0.15) is 5.10 Å². The van der Waals surface area contributed by atoms with E-state index in [1.807, 2.05) is 29.2 Å². The van der Waals surface area contributed by atoms with Gasteiger partial charge in [-0.15, -0.1) is 0 Å². The number of rotatable bonds is 5. The fourth-order valence-corrected chi connectivity index (χ4v) is 2.98. The molecular formula is C13H15Br2N3O. The predicted molar refractivity (Wildman–Crippen MR) is 83.6 cm³/mol. The number of ether oxygens (including phenoxy) is 1. The molecule has 1 heterocycles. The Morgan fingerprint density at radius 3 is 2.74 bits per heavy atom. The average molecular weight is 389 g/mol. The summed E-state index contributed by atoms with van der Waals surface area (Å²) in [6, 6.07) is 3.93. The normalized spacial score (nSPS) is 10.5. The van der Waals surface area contributed by atoms with Crippen molar-refractivity contribution >= 4 is 37.5 Å². The third-order valence-electron chi connectivity index (χ3n) is 2.74. The molecule has 6 heteroatoms. The first-order valence-corrected chi connectivity index (χ1v) is 7.51. The van der Waals surface area contributed by atoms with Crippen LogP contribution in [0.3, 0.4) is 0 Å². The average Bonchev–Trinajstić information content (AvgIpc) is 2.86. The molecule has 4 nitrogen and oxygen atoms in total. The monoisotopic (exact) mass is 387 g/mol. The maximum Gasteiger partial charge on any atom is 0.135 e. The lowest BCUT2D eigenvalue weighted by Gasteiger charge is -2.11. The molecule has 0 spiro atoms. The molecular weight excluding hydrogens is 374 g/mol.